The molecule has 0 aromatic carbocycles. The molecule has 9 heteroatoms. The zero-order chi connectivity index (χ0) is 13.6. The van der Waals surface area contributed by atoms with Gasteiger partial charge in [0.1, 0.15) is 5.01 Å². The maximum Gasteiger partial charge on any atom is 0.306 e. The molecule has 0 amide bonds. The van der Waals surface area contributed by atoms with Gasteiger partial charge in [0, 0.05) is 25.2 Å². The van der Waals surface area contributed by atoms with Gasteiger partial charge in [-0.1, -0.05) is 0 Å². The zero-order valence-electron chi connectivity index (χ0n) is 10.1. The first-order valence-corrected chi connectivity index (χ1v) is 7.44. The largest absolute Gasteiger partial charge is 0.469 e. The highest BCUT2D eigenvalue weighted by Gasteiger charge is 2.18. The van der Waals surface area contributed by atoms with E-state index in [9.17, 15) is 13.2 Å². The zero-order valence-corrected chi connectivity index (χ0v) is 11.8. The van der Waals surface area contributed by atoms with Crippen LogP contribution >= 0.6 is 11.3 Å². The van der Waals surface area contributed by atoms with Crippen molar-refractivity contribution in [2.24, 2.45) is 0 Å². The van der Waals surface area contributed by atoms with Crippen molar-refractivity contribution in [1.82, 2.24) is 14.0 Å². The lowest BCUT2D eigenvalue weighted by molar-refractivity contribution is -0.140. The number of carbonyl (C=O) groups is 1. The van der Waals surface area contributed by atoms with E-state index in [1.54, 1.807) is 11.6 Å². The molecule has 7 nitrogen and oxygen atoms in total. The molecule has 0 aliphatic heterocycles. The number of nitrogens with one attached hydrogen (secondary N) is 1. The maximum absolute atomic E-state index is 11.8. The summed E-state index contributed by atoms with van der Waals surface area (Å²) in [6.45, 7) is 0.211. The number of hydrogen-bond donors (Lipinski definition) is 1. The molecule has 1 aromatic rings. The van der Waals surface area contributed by atoms with Gasteiger partial charge in [-0.05, 0) is 0 Å². The van der Waals surface area contributed by atoms with Gasteiger partial charge < -0.3 is 4.74 Å². The quantitative estimate of drug-likeness (QED) is 0.713. The molecule has 0 atom stereocenters. The third-order valence-electron chi connectivity index (χ3n) is 2.16. The summed E-state index contributed by atoms with van der Waals surface area (Å²) in [7, 11) is -0.941. The van der Waals surface area contributed by atoms with Crippen molar-refractivity contribution < 1.29 is 17.9 Å². The Morgan fingerprint density at radius 3 is 2.89 bits per heavy atom. The van der Waals surface area contributed by atoms with Crippen LogP contribution in [0.4, 0.5) is 0 Å². The van der Waals surface area contributed by atoms with E-state index in [4.69, 9.17) is 0 Å². The first kappa shape index (κ1) is 15.0. The Kier molecular flexibility index (Phi) is 5.66. The molecule has 0 bridgehead atoms. The second-order valence-corrected chi connectivity index (χ2v) is 6.24. The second kappa shape index (κ2) is 6.78. The number of thiazole rings is 1. The first-order valence-electron chi connectivity index (χ1n) is 5.12. The Morgan fingerprint density at radius 2 is 2.33 bits per heavy atom. The minimum Gasteiger partial charge on any atom is -0.469 e. The van der Waals surface area contributed by atoms with Gasteiger partial charge in [-0.25, -0.2) is 4.98 Å². The van der Waals surface area contributed by atoms with Crippen molar-refractivity contribution in [1.29, 1.82) is 0 Å². The minimum atomic E-state index is -3.60. The molecule has 0 fully saturated rings. The Morgan fingerprint density at radius 1 is 1.61 bits per heavy atom. The van der Waals surface area contributed by atoms with Gasteiger partial charge in [0.2, 0.25) is 0 Å². The molecular formula is C9H15N3O4S2. The summed E-state index contributed by atoms with van der Waals surface area (Å²) in [4.78, 5) is 14.9. The summed E-state index contributed by atoms with van der Waals surface area (Å²) in [6, 6.07) is 0. The van der Waals surface area contributed by atoms with Crippen molar-refractivity contribution in [2.45, 2.75) is 13.0 Å². The van der Waals surface area contributed by atoms with Gasteiger partial charge in [-0.3, -0.25) is 4.79 Å². The van der Waals surface area contributed by atoms with Crippen LogP contribution in [0.2, 0.25) is 0 Å². The molecule has 0 unspecified atom stereocenters. The number of ether oxygens (including phenoxy) is 1. The Labute approximate surface area is 110 Å². The van der Waals surface area contributed by atoms with E-state index in [1.165, 1.54) is 25.5 Å². The van der Waals surface area contributed by atoms with Crippen LogP contribution in [0.3, 0.4) is 0 Å². The summed E-state index contributed by atoms with van der Waals surface area (Å²) in [5.74, 6) is -0.447. The van der Waals surface area contributed by atoms with E-state index < -0.39 is 16.2 Å². The third kappa shape index (κ3) is 4.69. The predicted molar refractivity (Wildman–Crippen MR) is 67.1 cm³/mol. The molecule has 0 spiro atoms. The first-order chi connectivity index (χ1) is 8.45. The lowest BCUT2D eigenvalue weighted by Crippen LogP contribution is -2.38. The van der Waals surface area contributed by atoms with Crippen LogP contribution in [0.15, 0.2) is 11.6 Å². The van der Waals surface area contributed by atoms with Gasteiger partial charge in [0.15, 0.2) is 0 Å². The third-order valence-corrected chi connectivity index (χ3v) is 4.45. The molecule has 0 aliphatic carbocycles. The number of methoxy groups -OCH3 is 1. The normalized spacial score (nSPS) is 11.7. The van der Waals surface area contributed by atoms with Gasteiger partial charge in [-0.2, -0.15) is 17.4 Å². The number of nitrogens with zero attached hydrogens (tertiary/aromatic N) is 2. The Hall–Kier alpha value is -1.03. The van der Waals surface area contributed by atoms with Crippen LogP contribution in [0.25, 0.3) is 0 Å². The SMILES string of the molecule is COC(=O)CCN(C)S(=O)(=O)NCc1nccs1. The predicted octanol–water partition coefficient (Wildman–Crippen LogP) is -0.0276. The highest BCUT2D eigenvalue weighted by molar-refractivity contribution is 7.87. The molecule has 102 valence electrons. The van der Waals surface area contributed by atoms with Crippen LogP contribution in [0.5, 0.6) is 0 Å². The fourth-order valence-electron chi connectivity index (χ4n) is 1.07. The minimum absolute atomic E-state index is 0.0190. The number of hydrogen-bond acceptors (Lipinski definition) is 6. The maximum atomic E-state index is 11.8. The monoisotopic (exact) mass is 293 g/mol. The van der Waals surface area contributed by atoms with Crippen molar-refractivity contribution in [3.63, 3.8) is 0 Å². The molecule has 1 aromatic heterocycles. The Balaban J connectivity index is 2.44. The lowest BCUT2D eigenvalue weighted by Gasteiger charge is -2.16. The topological polar surface area (TPSA) is 88.6 Å². The molecule has 1 rings (SSSR count). The van der Waals surface area contributed by atoms with Crippen LogP contribution in [0, 0.1) is 0 Å². The number of carbonyl (C=O) groups excluding carboxylic acids is 1. The number of esters is 1. The van der Waals surface area contributed by atoms with Crippen LogP contribution < -0.4 is 4.72 Å². The molecule has 0 saturated carbocycles. The van der Waals surface area contributed by atoms with Crippen molar-refractivity contribution in [3.05, 3.63) is 16.6 Å². The van der Waals surface area contributed by atoms with Gasteiger partial charge in [0.05, 0.1) is 20.1 Å². The standard InChI is InChI=1S/C9H15N3O4S2/c1-12(5-3-9(13)16-2)18(14,15)11-7-8-10-4-6-17-8/h4,6,11H,3,5,7H2,1-2H3. The van der Waals surface area contributed by atoms with Crippen molar-refractivity contribution >= 4 is 27.5 Å². The van der Waals surface area contributed by atoms with Crippen molar-refractivity contribution in [3.8, 4) is 0 Å². The highest BCUT2D eigenvalue weighted by atomic mass is 32.2. The molecule has 1 N–H and O–H groups in total. The van der Waals surface area contributed by atoms with Crippen molar-refractivity contribution in [2.75, 3.05) is 20.7 Å². The van der Waals surface area contributed by atoms with E-state index in [0.717, 1.165) is 4.31 Å². The summed E-state index contributed by atoms with van der Waals surface area (Å²) in [6.07, 6.45) is 1.63. The average molecular weight is 293 g/mol. The summed E-state index contributed by atoms with van der Waals surface area (Å²) < 4.78 is 31.4. The molecule has 0 saturated heterocycles. The van der Waals surface area contributed by atoms with E-state index >= 15 is 0 Å². The summed E-state index contributed by atoms with van der Waals surface area (Å²) in [5.41, 5.74) is 0. The molecule has 0 radical (unpaired) electrons. The fourth-order valence-corrected chi connectivity index (χ4v) is 2.59. The highest BCUT2D eigenvalue weighted by Crippen LogP contribution is 2.05. The molecule has 1 heterocycles. The van der Waals surface area contributed by atoms with E-state index in [2.05, 4.69) is 14.4 Å². The molecular weight excluding hydrogens is 278 g/mol. The van der Waals surface area contributed by atoms with E-state index in [-0.39, 0.29) is 19.5 Å². The van der Waals surface area contributed by atoms with Crippen LogP contribution in [0.1, 0.15) is 11.4 Å². The summed E-state index contributed by atoms with van der Waals surface area (Å²) in [5, 5.41) is 2.45. The molecule has 18 heavy (non-hydrogen) atoms. The van der Waals surface area contributed by atoms with Crippen LogP contribution in [-0.2, 0) is 26.3 Å². The van der Waals surface area contributed by atoms with E-state index in [1.807, 2.05) is 0 Å². The average Bonchev–Trinajstić information content (AvgIpc) is 2.86. The fraction of sp³-hybridized carbons (Fsp3) is 0.556. The number of aromatic nitrogens is 1. The lowest BCUT2D eigenvalue weighted by atomic mass is 10.4. The van der Waals surface area contributed by atoms with Gasteiger partial charge >= 0.3 is 5.97 Å². The summed E-state index contributed by atoms with van der Waals surface area (Å²) >= 11 is 1.37. The van der Waals surface area contributed by atoms with Gasteiger partial charge in [-0.15, -0.1) is 11.3 Å². The van der Waals surface area contributed by atoms with Gasteiger partial charge in [0.25, 0.3) is 10.2 Å². The van der Waals surface area contributed by atoms with Crippen LogP contribution in [-0.4, -0.2) is 44.4 Å². The molecule has 0 aliphatic rings. The smallest absolute Gasteiger partial charge is 0.306 e. The second-order valence-electron chi connectivity index (χ2n) is 3.40. The Bertz CT molecular complexity index is 472. The van der Waals surface area contributed by atoms with E-state index in [0.29, 0.717) is 5.01 Å². The number of rotatable bonds is 7.